The fourth-order valence-electron chi connectivity index (χ4n) is 3.83. The highest BCUT2D eigenvalue weighted by Gasteiger charge is 2.31. The van der Waals surface area contributed by atoms with Crippen molar-refractivity contribution in [1.29, 1.82) is 5.26 Å². The number of hydrogen-bond acceptors (Lipinski definition) is 5. The van der Waals surface area contributed by atoms with Crippen LogP contribution in [0, 0.1) is 11.3 Å². The Labute approximate surface area is 180 Å². The predicted molar refractivity (Wildman–Crippen MR) is 116 cm³/mol. The number of Topliss-reactive ketones (excluding diaryl/α,β-unsaturated/α-hetero) is 1. The summed E-state index contributed by atoms with van der Waals surface area (Å²) in [7, 11) is 1.89. The summed E-state index contributed by atoms with van der Waals surface area (Å²) in [5.41, 5.74) is 1.92. The zero-order valence-corrected chi connectivity index (χ0v) is 17.6. The van der Waals surface area contributed by atoms with E-state index in [1.165, 1.54) is 11.8 Å². The van der Waals surface area contributed by atoms with Crippen molar-refractivity contribution < 1.29 is 14.5 Å². The lowest BCUT2D eigenvalue weighted by Gasteiger charge is -2.32. The van der Waals surface area contributed by atoms with Gasteiger partial charge in [0.25, 0.3) is 5.91 Å². The molecule has 152 valence electrons. The van der Waals surface area contributed by atoms with Crippen molar-refractivity contribution in [2.45, 2.75) is 4.90 Å². The van der Waals surface area contributed by atoms with Gasteiger partial charge in [-0.15, -0.1) is 0 Å². The maximum Gasteiger partial charge on any atom is 0.254 e. The molecular formula is C23H23N4O2S+. The van der Waals surface area contributed by atoms with Gasteiger partial charge >= 0.3 is 0 Å². The smallest absolute Gasteiger partial charge is 0.254 e. The Kier molecular flexibility index (Phi) is 5.88. The van der Waals surface area contributed by atoms with Gasteiger partial charge in [0.2, 0.25) is 5.78 Å². The summed E-state index contributed by atoms with van der Waals surface area (Å²) >= 11 is 1.47. The molecule has 0 bridgehead atoms. The van der Waals surface area contributed by atoms with E-state index in [0.29, 0.717) is 36.8 Å². The predicted octanol–water partition coefficient (Wildman–Crippen LogP) is 1.57. The number of para-hydroxylation sites is 1. The minimum Gasteiger partial charge on any atom is -0.337 e. The molecule has 2 aromatic rings. The number of nitrogens with one attached hydrogen (secondary N) is 1. The lowest BCUT2D eigenvalue weighted by atomic mass is 10.1. The van der Waals surface area contributed by atoms with Gasteiger partial charge in [-0.2, -0.15) is 5.26 Å². The number of fused-ring (bicyclic) bond motifs is 1. The molecular weight excluding hydrogens is 396 g/mol. The third kappa shape index (κ3) is 3.97. The third-order valence-electron chi connectivity index (χ3n) is 5.53. The van der Waals surface area contributed by atoms with E-state index in [-0.39, 0.29) is 23.8 Å². The largest absolute Gasteiger partial charge is 0.337 e. The first kappa shape index (κ1) is 20.2. The number of rotatable bonds is 4. The van der Waals surface area contributed by atoms with E-state index in [4.69, 9.17) is 0 Å². The number of carbonyl (C=O) groups excluding carboxylic acids is 2. The van der Waals surface area contributed by atoms with E-state index in [2.05, 4.69) is 6.07 Å². The molecule has 0 aromatic heterocycles. The summed E-state index contributed by atoms with van der Waals surface area (Å²) in [5, 5.41) is 10.4. The van der Waals surface area contributed by atoms with Crippen LogP contribution in [0.2, 0.25) is 0 Å². The van der Waals surface area contributed by atoms with Crippen LogP contribution in [0.5, 0.6) is 0 Å². The summed E-state index contributed by atoms with van der Waals surface area (Å²) in [4.78, 5) is 31.4. The molecule has 2 aliphatic heterocycles. The van der Waals surface area contributed by atoms with Gasteiger partial charge in [0.05, 0.1) is 31.9 Å². The summed E-state index contributed by atoms with van der Waals surface area (Å²) < 4.78 is 0. The van der Waals surface area contributed by atoms with Gasteiger partial charge in [-0.25, -0.2) is 0 Å². The Morgan fingerprint density at radius 1 is 1.07 bits per heavy atom. The first-order chi connectivity index (χ1) is 14.6. The molecule has 0 unspecified atom stereocenters. The van der Waals surface area contributed by atoms with Gasteiger partial charge < -0.3 is 14.7 Å². The van der Waals surface area contributed by atoms with Crippen molar-refractivity contribution in [3.05, 3.63) is 70.8 Å². The lowest BCUT2D eigenvalue weighted by molar-refractivity contribution is -0.895. The summed E-state index contributed by atoms with van der Waals surface area (Å²) in [6, 6.07) is 19.3. The van der Waals surface area contributed by atoms with Crippen LogP contribution >= 0.6 is 11.8 Å². The van der Waals surface area contributed by atoms with Crippen molar-refractivity contribution in [2.75, 3.05) is 44.7 Å². The van der Waals surface area contributed by atoms with E-state index in [0.717, 1.165) is 15.5 Å². The van der Waals surface area contributed by atoms with Gasteiger partial charge in [-0.1, -0.05) is 42.1 Å². The van der Waals surface area contributed by atoms with Crippen molar-refractivity contribution in [3.63, 3.8) is 0 Å². The molecule has 0 radical (unpaired) electrons. The molecule has 2 aliphatic rings. The van der Waals surface area contributed by atoms with Crippen molar-refractivity contribution in [1.82, 2.24) is 4.90 Å². The second kappa shape index (κ2) is 8.74. The minimum absolute atomic E-state index is 0.0301. The number of amides is 1. The number of benzene rings is 2. The molecule has 7 heteroatoms. The van der Waals surface area contributed by atoms with Gasteiger partial charge in [0.15, 0.2) is 0 Å². The first-order valence-corrected chi connectivity index (χ1v) is 10.8. The normalized spacial score (nSPS) is 18.0. The Bertz CT molecular complexity index is 1040. The van der Waals surface area contributed by atoms with Crippen LogP contribution in [0.3, 0.4) is 0 Å². The van der Waals surface area contributed by atoms with Crippen molar-refractivity contribution in [3.8, 4) is 6.07 Å². The van der Waals surface area contributed by atoms with Crippen LogP contribution in [0.4, 0.5) is 5.69 Å². The van der Waals surface area contributed by atoms with Gasteiger partial charge in [-0.05, 0) is 24.3 Å². The van der Waals surface area contributed by atoms with Crippen LogP contribution in [0.1, 0.15) is 10.4 Å². The summed E-state index contributed by atoms with van der Waals surface area (Å²) in [6.07, 6.45) is 0. The number of hydrogen-bond donors (Lipinski definition) is 1. The molecule has 1 N–H and O–H groups in total. The van der Waals surface area contributed by atoms with Crippen LogP contribution in [-0.4, -0.2) is 56.4 Å². The van der Waals surface area contributed by atoms with E-state index in [1.54, 1.807) is 0 Å². The summed E-state index contributed by atoms with van der Waals surface area (Å²) in [5.74, 6) is -0.111. The first-order valence-electron chi connectivity index (χ1n) is 9.94. The number of piperazine rings is 1. The van der Waals surface area contributed by atoms with Gasteiger partial charge in [0, 0.05) is 17.5 Å². The SMILES string of the molecule is CN1/C(=C(\C#N)C(=O)C[NH+]2CCN(C(=O)c3ccccc3)CC2)Sc2ccccc21. The zero-order valence-electron chi connectivity index (χ0n) is 16.8. The highest BCUT2D eigenvalue weighted by atomic mass is 32.2. The number of nitrogens with zero attached hydrogens (tertiary/aromatic N) is 3. The van der Waals surface area contributed by atoms with Crippen LogP contribution in [-0.2, 0) is 4.79 Å². The second-order valence-electron chi connectivity index (χ2n) is 7.43. The Morgan fingerprint density at radius 3 is 2.40 bits per heavy atom. The molecule has 0 atom stereocenters. The Balaban J connectivity index is 1.39. The summed E-state index contributed by atoms with van der Waals surface area (Å²) in [6.45, 7) is 2.87. The molecule has 0 aliphatic carbocycles. The third-order valence-corrected chi connectivity index (χ3v) is 6.77. The van der Waals surface area contributed by atoms with Crippen molar-refractivity contribution >= 4 is 29.1 Å². The lowest BCUT2D eigenvalue weighted by Crippen LogP contribution is -3.15. The number of nitriles is 1. The van der Waals surface area contributed by atoms with Gasteiger partial charge in [-0.3, -0.25) is 9.59 Å². The Hall–Kier alpha value is -3.08. The standard InChI is InChI=1S/C23H22N4O2S/c1-25-19-9-5-6-10-21(19)30-23(25)18(15-24)20(28)16-26-11-13-27(14-12-26)22(29)17-7-3-2-4-8-17/h2-10H,11-14,16H2,1H3/p+1/b23-18-. The fourth-order valence-corrected chi connectivity index (χ4v) is 4.99. The molecule has 6 nitrogen and oxygen atoms in total. The minimum atomic E-state index is -0.141. The van der Waals surface area contributed by atoms with E-state index in [9.17, 15) is 14.9 Å². The topological polar surface area (TPSA) is 68.8 Å². The van der Waals surface area contributed by atoms with E-state index < -0.39 is 0 Å². The number of anilines is 1. The highest BCUT2D eigenvalue weighted by molar-refractivity contribution is 8.03. The molecule has 0 spiro atoms. The molecule has 1 saturated heterocycles. The average Bonchev–Trinajstić information content (AvgIpc) is 3.11. The number of thioether (sulfide) groups is 1. The second-order valence-corrected chi connectivity index (χ2v) is 8.46. The number of ketones is 1. The average molecular weight is 420 g/mol. The van der Waals surface area contributed by atoms with Crippen molar-refractivity contribution in [2.24, 2.45) is 0 Å². The van der Waals surface area contributed by atoms with Crippen LogP contribution in [0.15, 0.2) is 70.1 Å². The van der Waals surface area contributed by atoms with Gasteiger partial charge in [0.1, 0.15) is 23.2 Å². The molecule has 30 heavy (non-hydrogen) atoms. The zero-order chi connectivity index (χ0) is 21.1. The van der Waals surface area contributed by atoms with Crippen LogP contribution in [0.25, 0.3) is 0 Å². The molecule has 4 rings (SSSR count). The highest BCUT2D eigenvalue weighted by Crippen LogP contribution is 2.45. The molecule has 2 aromatic carbocycles. The Morgan fingerprint density at radius 2 is 1.73 bits per heavy atom. The van der Waals surface area contributed by atoms with Crippen LogP contribution < -0.4 is 9.80 Å². The molecule has 1 fully saturated rings. The molecule has 2 heterocycles. The van der Waals surface area contributed by atoms with E-state index >= 15 is 0 Å². The number of carbonyl (C=O) groups is 2. The quantitative estimate of drug-likeness (QED) is 0.602. The number of quaternary nitrogens is 1. The molecule has 1 amide bonds. The fraction of sp³-hybridized carbons (Fsp3) is 0.261. The maximum atomic E-state index is 12.9. The monoisotopic (exact) mass is 419 g/mol. The molecule has 0 saturated carbocycles. The maximum absolute atomic E-state index is 12.9. The van der Waals surface area contributed by atoms with E-state index in [1.807, 2.05) is 71.4 Å².